The Bertz CT molecular complexity index is 755. The topological polar surface area (TPSA) is 72.9 Å². The molecule has 1 saturated heterocycles. The van der Waals surface area contributed by atoms with E-state index in [0.29, 0.717) is 17.9 Å². The fourth-order valence-electron chi connectivity index (χ4n) is 2.16. The van der Waals surface area contributed by atoms with Crippen LogP contribution in [0.3, 0.4) is 0 Å². The van der Waals surface area contributed by atoms with Gasteiger partial charge in [-0.05, 0) is 88.2 Å². The predicted octanol–water partition coefficient (Wildman–Crippen LogP) is 4.60. The molecule has 1 heterocycles. The summed E-state index contributed by atoms with van der Waals surface area (Å²) in [5, 5.41) is -0.494. The van der Waals surface area contributed by atoms with E-state index in [-0.39, 0.29) is 11.0 Å². The first-order valence-corrected chi connectivity index (χ1v) is 10.2. The van der Waals surface area contributed by atoms with Gasteiger partial charge in [0.25, 0.3) is 11.1 Å². The van der Waals surface area contributed by atoms with Gasteiger partial charge < -0.3 is 9.47 Å². The molecule has 1 aromatic rings. The van der Waals surface area contributed by atoms with Gasteiger partial charge in [0.15, 0.2) is 0 Å². The van der Waals surface area contributed by atoms with E-state index < -0.39 is 23.7 Å². The molecule has 0 aliphatic carbocycles. The minimum atomic E-state index is -0.616. The molecular formula is C17H17Br2NO5S. The zero-order chi connectivity index (χ0) is 19.4. The quantitative estimate of drug-likeness (QED) is 0.414. The van der Waals surface area contributed by atoms with E-state index in [1.54, 1.807) is 32.1 Å². The summed E-state index contributed by atoms with van der Waals surface area (Å²) in [5.74, 6) is -0.467. The smallest absolute Gasteiger partial charge is 0.326 e. The number of ether oxygens (including phenoxy) is 2. The van der Waals surface area contributed by atoms with E-state index in [0.717, 1.165) is 25.6 Å². The van der Waals surface area contributed by atoms with Gasteiger partial charge in [-0.2, -0.15) is 0 Å². The molecule has 0 aromatic heterocycles. The van der Waals surface area contributed by atoms with Crippen LogP contribution in [0.15, 0.2) is 26.0 Å². The van der Waals surface area contributed by atoms with Crippen LogP contribution in [0.5, 0.6) is 5.75 Å². The lowest BCUT2D eigenvalue weighted by Gasteiger charge is -2.13. The maximum atomic E-state index is 12.4. The van der Waals surface area contributed by atoms with E-state index in [1.165, 1.54) is 0 Å². The number of carbonyl (C=O) groups is 3. The van der Waals surface area contributed by atoms with Crippen LogP contribution >= 0.6 is 43.6 Å². The van der Waals surface area contributed by atoms with Crippen molar-refractivity contribution in [3.05, 3.63) is 31.5 Å². The number of hydrogen-bond acceptors (Lipinski definition) is 6. The zero-order valence-electron chi connectivity index (χ0n) is 14.4. The molecule has 140 valence electrons. The number of halogens is 2. The lowest BCUT2D eigenvalue weighted by Crippen LogP contribution is -2.35. The van der Waals surface area contributed by atoms with Crippen molar-refractivity contribution >= 4 is 66.8 Å². The van der Waals surface area contributed by atoms with Crippen LogP contribution in [0.1, 0.15) is 26.3 Å². The lowest BCUT2D eigenvalue weighted by molar-refractivity contribution is -0.149. The molecular weight excluding hydrogens is 490 g/mol. The molecule has 0 saturated carbocycles. The van der Waals surface area contributed by atoms with Crippen LogP contribution < -0.4 is 4.74 Å². The Morgan fingerprint density at radius 1 is 1.27 bits per heavy atom. The summed E-state index contributed by atoms with van der Waals surface area (Å²) in [4.78, 5) is 37.4. The van der Waals surface area contributed by atoms with Crippen molar-refractivity contribution in [1.82, 2.24) is 4.90 Å². The maximum absolute atomic E-state index is 12.4. The van der Waals surface area contributed by atoms with Gasteiger partial charge in [0.05, 0.1) is 26.6 Å². The van der Waals surface area contributed by atoms with Crippen LogP contribution in [-0.2, 0) is 14.3 Å². The summed E-state index contributed by atoms with van der Waals surface area (Å²) in [6, 6.07) is 3.58. The van der Waals surface area contributed by atoms with Crippen molar-refractivity contribution in [2.75, 3.05) is 13.2 Å². The monoisotopic (exact) mass is 505 g/mol. The van der Waals surface area contributed by atoms with Crippen molar-refractivity contribution in [3.63, 3.8) is 0 Å². The summed E-state index contributed by atoms with van der Waals surface area (Å²) in [7, 11) is 0. The molecule has 2 amide bonds. The molecule has 6 nitrogen and oxygen atoms in total. The minimum Gasteiger partial charge on any atom is -0.492 e. The second kappa shape index (κ2) is 9.05. The highest BCUT2D eigenvalue weighted by Crippen LogP contribution is 2.37. The minimum absolute atomic E-state index is 0.246. The number of hydrogen-bond donors (Lipinski definition) is 0. The van der Waals surface area contributed by atoms with Gasteiger partial charge in [-0.15, -0.1) is 0 Å². The highest BCUT2D eigenvalue weighted by Gasteiger charge is 2.36. The highest BCUT2D eigenvalue weighted by molar-refractivity contribution is 9.11. The third-order valence-electron chi connectivity index (χ3n) is 3.13. The highest BCUT2D eigenvalue weighted by atomic mass is 79.9. The fourth-order valence-corrected chi connectivity index (χ4v) is 4.45. The van der Waals surface area contributed by atoms with E-state index in [1.807, 2.05) is 6.92 Å². The maximum Gasteiger partial charge on any atom is 0.326 e. The average Bonchev–Trinajstić information content (AvgIpc) is 2.78. The zero-order valence-corrected chi connectivity index (χ0v) is 18.4. The van der Waals surface area contributed by atoms with Crippen LogP contribution in [0.25, 0.3) is 6.08 Å². The summed E-state index contributed by atoms with van der Waals surface area (Å²) < 4.78 is 12.0. The van der Waals surface area contributed by atoms with Gasteiger partial charge >= 0.3 is 5.97 Å². The first-order valence-electron chi connectivity index (χ1n) is 7.79. The van der Waals surface area contributed by atoms with E-state index in [4.69, 9.17) is 9.47 Å². The number of nitrogens with zero attached hydrogens (tertiary/aromatic N) is 1. The predicted molar refractivity (Wildman–Crippen MR) is 107 cm³/mol. The number of rotatable bonds is 6. The van der Waals surface area contributed by atoms with Crippen LogP contribution in [-0.4, -0.2) is 41.3 Å². The average molecular weight is 507 g/mol. The molecule has 1 aliphatic rings. The van der Waals surface area contributed by atoms with Gasteiger partial charge in [-0.3, -0.25) is 19.3 Å². The Morgan fingerprint density at radius 2 is 1.88 bits per heavy atom. The van der Waals surface area contributed by atoms with Gasteiger partial charge in [0, 0.05) is 0 Å². The standard InChI is InChI=1S/C17H17Br2NO5S/c1-4-24-15-11(18)5-10(6-12(15)19)7-13-16(22)20(17(23)26-13)8-14(21)25-9(2)3/h5-7,9H,4,8H2,1-3H3/b13-7+. The largest absolute Gasteiger partial charge is 0.492 e. The van der Waals surface area contributed by atoms with Gasteiger partial charge in [-0.25, -0.2) is 0 Å². The third kappa shape index (κ3) is 5.11. The van der Waals surface area contributed by atoms with E-state index in [9.17, 15) is 14.4 Å². The molecule has 26 heavy (non-hydrogen) atoms. The van der Waals surface area contributed by atoms with Gasteiger partial charge in [0.2, 0.25) is 0 Å². The third-order valence-corrected chi connectivity index (χ3v) is 5.22. The van der Waals surface area contributed by atoms with Gasteiger partial charge in [0.1, 0.15) is 12.3 Å². The Labute approximate surface area is 172 Å². The molecule has 0 unspecified atom stereocenters. The van der Waals surface area contributed by atoms with Crippen molar-refractivity contribution in [1.29, 1.82) is 0 Å². The first kappa shape index (κ1) is 21.0. The molecule has 1 aliphatic heterocycles. The fraction of sp³-hybridized carbons (Fsp3) is 0.353. The number of amides is 2. The summed E-state index contributed by atoms with van der Waals surface area (Å²) in [5.41, 5.74) is 0.711. The number of thioether (sulfide) groups is 1. The molecule has 0 atom stereocenters. The molecule has 1 aromatic carbocycles. The number of carbonyl (C=O) groups excluding carboxylic acids is 3. The number of esters is 1. The first-order chi connectivity index (χ1) is 12.2. The molecule has 0 radical (unpaired) electrons. The van der Waals surface area contributed by atoms with Crippen molar-refractivity contribution in [2.45, 2.75) is 26.9 Å². The number of benzene rings is 1. The Kier molecular flexibility index (Phi) is 7.31. The molecule has 9 heteroatoms. The molecule has 1 fully saturated rings. The number of imide groups is 1. The van der Waals surface area contributed by atoms with Crippen molar-refractivity contribution in [3.8, 4) is 5.75 Å². The van der Waals surface area contributed by atoms with Crippen LogP contribution in [0.2, 0.25) is 0 Å². The van der Waals surface area contributed by atoms with Gasteiger partial charge in [-0.1, -0.05) is 0 Å². The van der Waals surface area contributed by atoms with Crippen molar-refractivity contribution in [2.24, 2.45) is 0 Å². The van der Waals surface area contributed by atoms with E-state index in [2.05, 4.69) is 31.9 Å². The normalized spacial score (nSPS) is 15.9. The summed E-state index contributed by atoms with van der Waals surface area (Å²) in [6.07, 6.45) is 1.29. The molecule has 2 rings (SSSR count). The van der Waals surface area contributed by atoms with Crippen LogP contribution in [0.4, 0.5) is 4.79 Å². The summed E-state index contributed by atoms with van der Waals surface area (Å²) >= 11 is 7.65. The molecule has 0 N–H and O–H groups in total. The Morgan fingerprint density at radius 3 is 2.42 bits per heavy atom. The van der Waals surface area contributed by atoms with Crippen molar-refractivity contribution < 1.29 is 23.9 Å². The Balaban J connectivity index is 2.21. The lowest BCUT2D eigenvalue weighted by atomic mass is 10.2. The van der Waals surface area contributed by atoms with Crippen LogP contribution in [0, 0.1) is 0 Å². The van der Waals surface area contributed by atoms with E-state index >= 15 is 0 Å². The second-order valence-corrected chi connectivity index (χ2v) is 8.26. The summed E-state index contributed by atoms with van der Waals surface area (Å²) in [6.45, 7) is 5.41. The SMILES string of the molecule is CCOc1c(Br)cc(/C=C2/SC(=O)N(CC(=O)OC(C)C)C2=O)cc1Br. The molecule has 0 spiro atoms. The Hall–Kier alpha value is -1.32. The molecule has 0 bridgehead atoms. The second-order valence-electron chi connectivity index (χ2n) is 5.55.